The van der Waals surface area contributed by atoms with Gasteiger partial charge in [0, 0.05) is 17.6 Å². The molecule has 0 aliphatic carbocycles. The summed E-state index contributed by atoms with van der Waals surface area (Å²) in [6, 6.07) is 7.50. The summed E-state index contributed by atoms with van der Waals surface area (Å²) in [5, 5.41) is 10.6. The molecule has 0 unspecified atom stereocenters. The van der Waals surface area contributed by atoms with Crippen molar-refractivity contribution in [1.82, 2.24) is 20.3 Å². The first-order valence-corrected chi connectivity index (χ1v) is 6.87. The van der Waals surface area contributed by atoms with Crippen LogP contribution in [0.25, 0.3) is 5.69 Å². The van der Waals surface area contributed by atoms with Gasteiger partial charge in [-0.15, -0.1) is 5.10 Å². The number of hydrogen-bond acceptors (Lipinski definition) is 4. The summed E-state index contributed by atoms with van der Waals surface area (Å²) < 4.78 is 7.46. The van der Waals surface area contributed by atoms with Gasteiger partial charge < -0.3 is 10.1 Å². The molecule has 0 fully saturated rings. The lowest BCUT2D eigenvalue weighted by Gasteiger charge is -2.10. The first-order valence-electron chi connectivity index (χ1n) is 6.08. The van der Waals surface area contributed by atoms with Crippen molar-refractivity contribution in [3.8, 4) is 5.69 Å². The Morgan fingerprint density at radius 2 is 2.35 bits per heavy atom. The summed E-state index contributed by atoms with van der Waals surface area (Å²) in [6.45, 7) is 2.31. The number of rotatable bonds is 5. The molecule has 1 amide bonds. The van der Waals surface area contributed by atoms with Crippen LogP contribution in [0.5, 0.6) is 0 Å². The first-order chi connectivity index (χ1) is 9.60. The van der Waals surface area contributed by atoms with Crippen molar-refractivity contribution in [2.45, 2.75) is 13.0 Å². The predicted molar refractivity (Wildman–Crippen MR) is 77.9 cm³/mol. The highest BCUT2D eigenvalue weighted by Gasteiger charge is 2.14. The average molecular weight is 339 g/mol. The van der Waals surface area contributed by atoms with Gasteiger partial charge >= 0.3 is 0 Å². The Labute approximate surface area is 125 Å². The molecular weight excluding hydrogens is 324 g/mol. The Bertz CT molecular complexity index is 600. The molecule has 0 bridgehead atoms. The molecule has 2 rings (SSSR count). The van der Waals surface area contributed by atoms with Crippen LogP contribution in [0.2, 0.25) is 0 Å². The molecule has 0 aliphatic rings. The van der Waals surface area contributed by atoms with E-state index < -0.39 is 0 Å². The second kappa shape index (κ2) is 6.62. The van der Waals surface area contributed by atoms with Crippen LogP contribution in [-0.4, -0.2) is 40.7 Å². The fraction of sp³-hybridized carbons (Fsp3) is 0.308. The second-order valence-corrected chi connectivity index (χ2v) is 5.27. The number of amides is 1. The van der Waals surface area contributed by atoms with Crippen LogP contribution < -0.4 is 5.32 Å². The number of benzene rings is 1. The maximum Gasteiger partial charge on any atom is 0.273 e. The molecule has 7 heteroatoms. The molecule has 6 nitrogen and oxygen atoms in total. The maximum atomic E-state index is 11.9. The molecule has 0 radical (unpaired) electrons. The number of nitrogens with zero attached hydrogens (tertiary/aromatic N) is 3. The van der Waals surface area contributed by atoms with E-state index in [0.717, 1.165) is 10.2 Å². The van der Waals surface area contributed by atoms with Crippen LogP contribution in [0.4, 0.5) is 0 Å². The number of halogens is 1. The van der Waals surface area contributed by atoms with Gasteiger partial charge in [0.2, 0.25) is 0 Å². The van der Waals surface area contributed by atoms with Crippen molar-refractivity contribution >= 4 is 21.8 Å². The van der Waals surface area contributed by atoms with Gasteiger partial charge in [-0.3, -0.25) is 4.79 Å². The molecule has 0 saturated carbocycles. The van der Waals surface area contributed by atoms with E-state index in [1.807, 2.05) is 31.2 Å². The van der Waals surface area contributed by atoms with Crippen LogP contribution in [0.3, 0.4) is 0 Å². The monoisotopic (exact) mass is 338 g/mol. The summed E-state index contributed by atoms with van der Waals surface area (Å²) in [5.74, 6) is -0.268. The highest BCUT2D eigenvalue weighted by Crippen LogP contribution is 2.14. The van der Waals surface area contributed by atoms with Gasteiger partial charge in [-0.1, -0.05) is 27.2 Å². The van der Waals surface area contributed by atoms with Crippen molar-refractivity contribution in [1.29, 1.82) is 0 Å². The third kappa shape index (κ3) is 3.64. The summed E-state index contributed by atoms with van der Waals surface area (Å²) in [7, 11) is 1.59. The Kier molecular flexibility index (Phi) is 4.86. The van der Waals surface area contributed by atoms with E-state index in [0.29, 0.717) is 6.61 Å². The van der Waals surface area contributed by atoms with Gasteiger partial charge in [0.25, 0.3) is 5.91 Å². The van der Waals surface area contributed by atoms with Crippen molar-refractivity contribution in [2.24, 2.45) is 0 Å². The fourth-order valence-corrected chi connectivity index (χ4v) is 2.09. The maximum absolute atomic E-state index is 11.9. The van der Waals surface area contributed by atoms with Crippen LogP contribution in [-0.2, 0) is 4.74 Å². The molecular formula is C13H15BrN4O2. The molecule has 1 atom stereocenters. The van der Waals surface area contributed by atoms with Crippen molar-refractivity contribution in [3.05, 3.63) is 40.6 Å². The number of carbonyl (C=O) groups excluding carboxylic acids is 1. The number of hydrogen-bond donors (Lipinski definition) is 1. The van der Waals surface area contributed by atoms with Gasteiger partial charge in [0.15, 0.2) is 5.69 Å². The SMILES string of the molecule is COC[C@H](C)NC(=O)c1cn(-c2cccc(Br)c2)nn1. The number of carbonyl (C=O) groups is 1. The van der Waals surface area contributed by atoms with Crippen LogP contribution in [0.15, 0.2) is 34.9 Å². The Hall–Kier alpha value is -1.73. The molecule has 20 heavy (non-hydrogen) atoms. The zero-order valence-corrected chi connectivity index (χ0v) is 12.8. The topological polar surface area (TPSA) is 69.0 Å². The molecule has 0 aliphatic heterocycles. The molecule has 1 aromatic carbocycles. The van der Waals surface area contributed by atoms with Crippen LogP contribution in [0, 0.1) is 0 Å². The van der Waals surface area contributed by atoms with E-state index in [-0.39, 0.29) is 17.6 Å². The Balaban J connectivity index is 2.11. The number of aromatic nitrogens is 3. The number of nitrogens with one attached hydrogen (secondary N) is 1. The quantitative estimate of drug-likeness (QED) is 0.902. The van der Waals surface area contributed by atoms with E-state index in [9.17, 15) is 4.79 Å². The normalized spacial score (nSPS) is 12.2. The number of methoxy groups -OCH3 is 1. The highest BCUT2D eigenvalue weighted by molar-refractivity contribution is 9.10. The summed E-state index contributed by atoms with van der Waals surface area (Å²) in [6.07, 6.45) is 1.59. The van der Waals surface area contributed by atoms with E-state index in [1.54, 1.807) is 18.0 Å². The van der Waals surface area contributed by atoms with Gasteiger partial charge in [0.1, 0.15) is 0 Å². The fourth-order valence-electron chi connectivity index (χ4n) is 1.70. The van der Waals surface area contributed by atoms with E-state index in [2.05, 4.69) is 31.6 Å². The molecule has 2 aromatic rings. The van der Waals surface area contributed by atoms with E-state index in [1.165, 1.54) is 0 Å². The van der Waals surface area contributed by atoms with Gasteiger partial charge in [-0.05, 0) is 25.1 Å². The average Bonchev–Trinajstić information content (AvgIpc) is 2.88. The molecule has 106 valence electrons. The highest BCUT2D eigenvalue weighted by atomic mass is 79.9. The zero-order chi connectivity index (χ0) is 14.5. The van der Waals surface area contributed by atoms with Crippen molar-refractivity contribution < 1.29 is 9.53 Å². The zero-order valence-electron chi connectivity index (χ0n) is 11.2. The standard InChI is InChI=1S/C13H15BrN4O2/c1-9(8-20-2)15-13(19)12-7-18(17-16-12)11-5-3-4-10(14)6-11/h3-7,9H,8H2,1-2H3,(H,15,19)/t9-/m0/s1. The van der Waals surface area contributed by atoms with Gasteiger partial charge in [0.05, 0.1) is 18.5 Å². The molecule has 1 heterocycles. The second-order valence-electron chi connectivity index (χ2n) is 4.36. The summed E-state index contributed by atoms with van der Waals surface area (Å²) >= 11 is 3.39. The molecule has 1 N–H and O–H groups in total. The van der Waals surface area contributed by atoms with Crippen molar-refractivity contribution in [2.75, 3.05) is 13.7 Å². The molecule has 1 aromatic heterocycles. The Morgan fingerprint density at radius 1 is 1.55 bits per heavy atom. The van der Waals surface area contributed by atoms with E-state index in [4.69, 9.17) is 4.74 Å². The minimum absolute atomic E-state index is 0.0801. The minimum Gasteiger partial charge on any atom is -0.383 e. The van der Waals surface area contributed by atoms with Gasteiger partial charge in [-0.25, -0.2) is 4.68 Å². The van der Waals surface area contributed by atoms with E-state index >= 15 is 0 Å². The molecule has 0 saturated heterocycles. The molecule has 0 spiro atoms. The Morgan fingerprint density at radius 3 is 3.05 bits per heavy atom. The van der Waals surface area contributed by atoms with Crippen LogP contribution in [0.1, 0.15) is 17.4 Å². The lowest BCUT2D eigenvalue weighted by molar-refractivity contribution is 0.0900. The predicted octanol–water partition coefficient (Wildman–Crippen LogP) is 1.79. The largest absolute Gasteiger partial charge is 0.383 e. The third-order valence-electron chi connectivity index (χ3n) is 2.59. The lowest BCUT2D eigenvalue weighted by Crippen LogP contribution is -2.35. The van der Waals surface area contributed by atoms with Crippen LogP contribution >= 0.6 is 15.9 Å². The number of ether oxygens (including phenoxy) is 1. The minimum atomic E-state index is -0.268. The smallest absolute Gasteiger partial charge is 0.273 e. The van der Waals surface area contributed by atoms with Crippen molar-refractivity contribution in [3.63, 3.8) is 0 Å². The first kappa shape index (κ1) is 14.7. The lowest BCUT2D eigenvalue weighted by atomic mass is 10.3. The summed E-state index contributed by atoms with van der Waals surface area (Å²) in [4.78, 5) is 11.9. The summed E-state index contributed by atoms with van der Waals surface area (Å²) in [5.41, 5.74) is 1.10. The van der Waals surface area contributed by atoms with Gasteiger partial charge in [-0.2, -0.15) is 0 Å². The third-order valence-corrected chi connectivity index (χ3v) is 3.09.